The fourth-order valence-corrected chi connectivity index (χ4v) is 2.46. The van der Waals surface area contributed by atoms with Crippen molar-refractivity contribution in [3.63, 3.8) is 0 Å². The molecular weight excluding hydrogens is 278 g/mol. The predicted octanol–water partition coefficient (Wildman–Crippen LogP) is 4.49. The van der Waals surface area contributed by atoms with Gasteiger partial charge < -0.3 is 0 Å². The zero-order valence-corrected chi connectivity index (χ0v) is 12.7. The molecule has 3 aromatic rings. The van der Waals surface area contributed by atoms with Gasteiger partial charge in [-0.15, -0.1) is 0 Å². The van der Waals surface area contributed by atoms with Gasteiger partial charge in [-0.3, -0.25) is 5.10 Å². The van der Waals surface area contributed by atoms with Gasteiger partial charge in [0.1, 0.15) is 11.4 Å². The Balaban J connectivity index is 2.25. The minimum atomic E-state index is 0.392. The maximum Gasteiger partial charge on any atom is 0.214 e. The standard InChI is InChI=1S/C17H15N3S/c1-11-5-3-7-13(9-11)15-16(19-20-17(21)18-15)14-8-4-6-12(2)10-14/h3-10H,1-2H3,(H,18,20,21). The van der Waals surface area contributed by atoms with Crippen LogP contribution < -0.4 is 0 Å². The highest BCUT2D eigenvalue weighted by atomic mass is 32.1. The number of benzene rings is 2. The van der Waals surface area contributed by atoms with Crippen molar-refractivity contribution in [2.75, 3.05) is 0 Å². The number of aromatic amines is 1. The van der Waals surface area contributed by atoms with Crippen LogP contribution in [0.5, 0.6) is 0 Å². The van der Waals surface area contributed by atoms with E-state index in [-0.39, 0.29) is 0 Å². The number of aryl methyl sites for hydroxylation is 2. The second-order valence-electron chi connectivity index (χ2n) is 5.08. The van der Waals surface area contributed by atoms with E-state index in [9.17, 15) is 0 Å². The minimum absolute atomic E-state index is 0.392. The van der Waals surface area contributed by atoms with E-state index in [1.807, 2.05) is 24.3 Å². The number of nitrogens with zero attached hydrogens (tertiary/aromatic N) is 2. The Kier molecular flexibility index (Phi) is 3.62. The third kappa shape index (κ3) is 2.90. The lowest BCUT2D eigenvalue weighted by atomic mass is 10.0. The summed E-state index contributed by atoms with van der Waals surface area (Å²) in [5.74, 6) is 0. The van der Waals surface area contributed by atoms with E-state index in [4.69, 9.17) is 12.2 Å². The van der Waals surface area contributed by atoms with Gasteiger partial charge in [0.15, 0.2) is 0 Å². The molecule has 0 amide bonds. The molecule has 0 unspecified atom stereocenters. The van der Waals surface area contributed by atoms with Crippen molar-refractivity contribution >= 4 is 12.2 Å². The zero-order chi connectivity index (χ0) is 14.8. The summed E-state index contributed by atoms with van der Waals surface area (Å²) in [6, 6.07) is 16.4. The first kappa shape index (κ1) is 13.6. The first-order chi connectivity index (χ1) is 10.1. The summed E-state index contributed by atoms with van der Waals surface area (Å²) < 4.78 is 0.392. The number of H-pyrrole nitrogens is 1. The Morgan fingerprint density at radius 3 is 2.00 bits per heavy atom. The van der Waals surface area contributed by atoms with Crippen LogP contribution in [0, 0.1) is 18.6 Å². The van der Waals surface area contributed by atoms with Gasteiger partial charge in [0.2, 0.25) is 4.77 Å². The van der Waals surface area contributed by atoms with Gasteiger partial charge in [-0.2, -0.15) is 5.10 Å². The van der Waals surface area contributed by atoms with E-state index in [2.05, 4.69) is 53.3 Å². The predicted molar refractivity (Wildman–Crippen MR) is 87.6 cm³/mol. The molecule has 0 radical (unpaired) electrons. The van der Waals surface area contributed by atoms with Gasteiger partial charge in [0.05, 0.1) is 0 Å². The molecular formula is C17H15N3S. The molecule has 0 fully saturated rings. The van der Waals surface area contributed by atoms with Gasteiger partial charge in [-0.05, 0) is 38.2 Å². The zero-order valence-electron chi connectivity index (χ0n) is 11.9. The first-order valence-electron chi connectivity index (χ1n) is 6.74. The lowest BCUT2D eigenvalue weighted by Crippen LogP contribution is -1.97. The molecule has 2 aromatic carbocycles. The summed E-state index contributed by atoms with van der Waals surface area (Å²) in [6.07, 6.45) is 0. The second kappa shape index (κ2) is 5.58. The number of hydrogen-bond acceptors (Lipinski definition) is 3. The molecule has 0 aliphatic heterocycles. The van der Waals surface area contributed by atoms with Crippen molar-refractivity contribution < 1.29 is 0 Å². The molecule has 0 atom stereocenters. The number of hydrogen-bond donors (Lipinski definition) is 1. The van der Waals surface area contributed by atoms with Crippen LogP contribution in [0.25, 0.3) is 22.5 Å². The average Bonchev–Trinajstić information content (AvgIpc) is 2.47. The van der Waals surface area contributed by atoms with Crippen molar-refractivity contribution in [1.82, 2.24) is 15.2 Å². The Morgan fingerprint density at radius 2 is 1.43 bits per heavy atom. The molecule has 0 aliphatic rings. The van der Waals surface area contributed by atoms with Crippen LogP contribution in [-0.4, -0.2) is 15.2 Å². The molecule has 1 heterocycles. The van der Waals surface area contributed by atoms with Crippen molar-refractivity contribution in [3.8, 4) is 22.5 Å². The van der Waals surface area contributed by atoms with E-state index >= 15 is 0 Å². The molecule has 3 rings (SSSR count). The Hall–Kier alpha value is -2.33. The summed E-state index contributed by atoms with van der Waals surface area (Å²) in [5.41, 5.74) is 6.06. The van der Waals surface area contributed by atoms with Crippen LogP contribution in [0.3, 0.4) is 0 Å². The molecule has 0 spiro atoms. The SMILES string of the molecule is Cc1cccc(-c2n[nH]c(=S)nc2-c2cccc(C)c2)c1. The topological polar surface area (TPSA) is 41.6 Å². The molecule has 3 nitrogen and oxygen atoms in total. The second-order valence-corrected chi connectivity index (χ2v) is 5.46. The molecule has 1 N–H and O–H groups in total. The normalized spacial score (nSPS) is 10.6. The van der Waals surface area contributed by atoms with Gasteiger partial charge in [0, 0.05) is 11.1 Å². The summed E-state index contributed by atoms with van der Waals surface area (Å²) >= 11 is 5.14. The van der Waals surface area contributed by atoms with E-state index in [1.54, 1.807) is 0 Å². The van der Waals surface area contributed by atoms with Gasteiger partial charge in [-0.25, -0.2) is 4.98 Å². The maximum absolute atomic E-state index is 5.14. The summed E-state index contributed by atoms with van der Waals surface area (Å²) in [6.45, 7) is 4.13. The molecule has 104 valence electrons. The fourth-order valence-electron chi connectivity index (χ4n) is 2.32. The van der Waals surface area contributed by atoms with Gasteiger partial charge >= 0.3 is 0 Å². The van der Waals surface area contributed by atoms with Crippen LogP contribution in [0.2, 0.25) is 0 Å². The van der Waals surface area contributed by atoms with E-state index < -0.39 is 0 Å². The number of aromatic nitrogens is 3. The summed E-state index contributed by atoms with van der Waals surface area (Å²) in [4.78, 5) is 4.49. The van der Waals surface area contributed by atoms with Crippen LogP contribution >= 0.6 is 12.2 Å². The molecule has 0 aliphatic carbocycles. The summed E-state index contributed by atoms with van der Waals surface area (Å²) in [5, 5.41) is 7.20. The van der Waals surface area contributed by atoms with Crippen LogP contribution in [-0.2, 0) is 0 Å². The summed E-state index contributed by atoms with van der Waals surface area (Å²) in [7, 11) is 0. The van der Waals surface area contributed by atoms with Crippen molar-refractivity contribution in [3.05, 3.63) is 64.4 Å². The fraction of sp³-hybridized carbons (Fsp3) is 0.118. The van der Waals surface area contributed by atoms with Crippen molar-refractivity contribution in [2.24, 2.45) is 0 Å². The monoisotopic (exact) mass is 293 g/mol. The lowest BCUT2D eigenvalue weighted by Gasteiger charge is -2.09. The van der Waals surface area contributed by atoms with Crippen molar-refractivity contribution in [1.29, 1.82) is 0 Å². The molecule has 0 saturated heterocycles. The Morgan fingerprint density at radius 1 is 0.857 bits per heavy atom. The molecule has 0 bridgehead atoms. The third-order valence-corrected chi connectivity index (χ3v) is 3.47. The molecule has 1 aromatic heterocycles. The van der Waals surface area contributed by atoms with Crippen LogP contribution in [0.1, 0.15) is 11.1 Å². The highest BCUT2D eigenvalue weighted by molar-refractivity contribution is 7.71. The maximum atomic E-state index is 5.14. The van der Waals surface area contributed by atoms with E-state index in [0.717, 1.165) is 22.5 Å². The Labute approximate surface area is 128 Å². The van der Waals surface area contributed by atoms with Crippen molar-refractivity contribution in [2.45, 2.75) is 13.8 Å². The first-order valence-corrected chi connectivity index (χ1v) is 7.15. The highest BCUT2D eigenvalue weighted by Crippen LogP contribution is 2.28. The average molecular weight is 293 g/mol. The van der Waals surface area contributed by atoms with Crippen LogP contribution in [0.4, 0.5) is 0 Å². The molecule has 4 heteroatoms. The number of rotatable bonds is 2. The quantitative estimate of drug-likeness (QED) is 0.708. The molecule has 0 saturated carbocycles. The lowest BCUT2D eigenvalue weighted by molar-refractivity contribution is 0.960. The molecule has 21 heavy (non-hydrogen) atoms. The van der Waals surface area contributed by atoms with Crippen LogP contribution in [0.15, 0.2) is 48.5 Å². The Bertz CT molecular complexity index is 852. The van der Waals surface area contributed by atoms with Gasteiger partial charge in [0.25, 0.3) is 0 Å². The van der Waals surface area contributed by atoms with E-state index in [0.29, 0.717) is 4.77 Å². The minimum Gasteiger partial charge on any atom is -0.251 e. The third-order valence-electron chi connectivity index (χ3n) is 3.28. The number of nitrogens with one attached hydrogen (secondary N) is 1. The largest absolute Gasteiger partial charge is 0.251 e. The van der Waals surface area contributed by atoms with Gasteiger partial charge in [-0.1, -0.05) is 47.5 Å². The highest BCUT2D eigenvalue weighted by Gasteiger charge is 2.11. The smallest absolute Gasteiger partial charge is 0.214 e. The van der Waals surface area contributed by atoms with E-state index in [1.165, 1.54) is 11.1 Å².